The Morgan fingerprint density at radius 3 is 2.23 bits per heavy atom. The molecule has 0 aliphatic rings. The normalized spacial score (nSPS) is 10.7. The predicted molar refractivity (Wildman–Crippen MR) is 118 cm³/mol. The number of hydrogen-bond acceptors (Lipinski definition) is 5. The zero-order chi connectivity index (χ0) is 20.8. The molecule has 0 aliphatic heterocycles. The molecule has 0 saturated carbocycles. The van der Waals surface area contributed by atoms with Gasteiger partial charge in [0.2, 0.25) is 0 Å². The Kier molecular flexibility index (Phi) is 5.99. The van der Waals surface area contributed by atoms with Crippen molar-refractivity contribution in [2.24, 2.45) is 0 Å². The molecule has 0 aliphatic carbocycles. The van der Waals surface area contributed by atoms with Crippen LogP contribution in [0.2, 0.25) is 0 Å². The molecular formula is C25H23N3O2. The van der Waals surface area contributed by atoms with Crippen molar-refractivity contribution in [2.45, 2.75) is 19.8 Å². The van der Waals surface area contributed by atoms with Crippen molar-refractivity contribution in [3.05, 3.63) is 79.1 Å². The molecule has 0 spiro atoms. The maximum absolute atomic E-state index is 10.4. The zero-order valence-corrected chi connectivity index (χ0v) is 16.8. The van der Waals surface area contributed by atoms with Gasteiger partial charge < -0.3 is 9.84 Å². The first-order chi connectivity index (χ1) is 14.7. The van der Waals surface area contributed by atoms with E-state index in [-0.39, 0.29) is 5.75 Å². The average molecular weight is 397 g/mol. The predicted octanol–water partition coefficient (Wildman–Crippen LogP) is 5.76. The molecule has 0 saturated heterocycles. The highest BCUT2D eigenvalue weighted by atomic mass is 16.5. The number of unbranched alkanes of at least 4 members (excludes halogenated alkanes) is 1. The lowest BCUT2D eigenvalue weighted by Gasteiger charge is -2.09. The lowest BCUT2D eigenvalue weighted by Crippen LogP contribution is -1.98. The second-order valence-electron chi connectivity index (χ2n) is 6.96. The van der Waals surface area contributed by atoms with E-state index in [4.69, 9.17) is 4.74 Å². The summed E-state index contributed by atoms with van der Waals surface area (Å²) in [6, 6.07) is 23.5. The molecule has 0 bridgehead atoms. The minimum atomic E-state index is 0.0839. The monoisotopic (exact) mass is 397 g/mol. The number of hydrogen-bond donors (Lipinski definition) is 1. The van der Waals surface area contributed by atoms with E-state index in [1.54, 1.807) is 12.1 Å². The van der Waals surface area contributed by atoms with Crippen molar-refractivity contribution in [2.75, 3.05) is 6.61 Å². The van der Waals surface area contributed by atoms with E-state index in [9.17, 15) is 5.11 Å². The van der Waals surface area contributed by atoms with Gasteiger partial charge in [0.05, 0.1) is 12.2 Å². The van der Waals surface area contributed by atoms with Crippen LogP contribution in [0.15, 0.2) is 79.1 Å². The first-order valence-corrected chi connectivity index (χ1v) is 10.1. The van der Waals surface area contributed by atoms with Crippen LogP contribution in [0.3, 0.4) is 0 Å². The zero-order valence-electron chi connectivity index (χ0n) is 16.8. The fourth-order valence-electron chi connectivity index (χ4n) is 3.13. The number of ether oxygens (including phenoxy) is 1. The summed E-state index contributed by atoms with van der Waals surface area (Å²) in [6.07, 6.45) is 3.50. The molecule has 1 heterocycles. The fourth-order valence-corrected chi connectivity index (χ4v) is 3.13. The number of aromatic nitrogens is 3. The molecule has 3 aromatic carbocycles. The van der Waals surface area contributed by atoms with E-state index in [2.05, 4.69) is 34.0 Å². The summed E-state index contributed by atoms with van der Waals surface area (Å²) in [7, 11) is 0. The van der Waals surface area contributed by atoms with Crippen LogP contribution in [0, 0.1) is 0 Å². The van der Waals surface area contributed by atoms with Gasteiger partial charge in [0.15, 0.2) is 11.6 Å². The standard InChI is InChI=1S/C25H23N3O2/c1-2-3-15-30-21-13-14-22(23(29)16-21)25-27-17-26-24(28-25)20-11-9-19(10-12-20)18-7-5-4-6-8-18/h4-14,16-17,29H,2-3,15H2,1H3. The van der Waals surface area contributed by atoms with Crippen molar-refractivity contribution in [3.8, 4) is 45.4 Å². The summed E-state index contributed by atoms with van der Waals surface area (Å²) >= 11 is 0. The third kappa shape index (κ3) is 4.46. The lowest BCUT2D eigenvalue weighted by molar-refractivity contribution is 0.307. The maximum Gasteiger partial charge on any atom is 0.167 e. The molecule has 0 fully saturated rings. The van der Waals surface area contributed by atoms with Gasteiger partial charge >= 0.3 is 0 Å². The number of aromatic hydroxyl groups is 1. The smallest absolute Gasteiger partial charge is 0.167 e. The van der Waals surface area contributed by atoms with Gasteiger partial charge in [-0.2, -0.15) is 0 Å². The van der Waals surface area contributed by atoms with Crippen LogP contribution < -0.4 is 4.74 Å². The van der Waals surface area contributed by atoms with Crippen molar-refractivity contribution < 1.29 is 9.84 Å². The Bertz CT molecular complexity index is 1110. The first-order valence-electron chi connectivity index (χ1n) is 10.1. The molecule has 5 nitrogen and oxygen atoms in total. The number of benzene rings is 3. The lowest BCUT2D eigenvalue weighted by atomic mass is 10.0. The third-order valence-corrected chi connectivity index (χ3v) is 4.80. The summed E-state index contributed by atoms with van der Waals surface area (Å²) < 4.78 is 5.65. The van der Waals surface area contributed by atoms with Crippen LogP contribution in [-0.4, -0.2) is 26.7 Å². The van der Waals surface area contributed by atoms with Gasteiger partial charge in [0, 0.05) is 11.6 Å². The topological polar surface area (TPSA) is 68.1 Å². The van der Waals surface area contributed by atoms with Gasteiger partial charge in [0.25, 0.3) is 0 Å². The van der Waals surface area contributed by atoms with Crippen LogP contribution in [0.5, 0.6) is 11.5 Å². The van der Waals surface area contributed by atoms with E-state index < -0.39 is 0 Å². The minimum absolute atomic E-state index is 0.0839. The van der Waals surface area contributed by atoms with E-state index >= 15 is 0 Å². The molecule has 1 N–H and O–H groups in total. The number of phenols is 1. The van der Waals surface area contributed by atoms with Gasteiger partial charge in [-0.1, -0.05) is 67.9 Å². The Labute approximate surface area is 176 Å². The second-order valence-corrected chi connectivity index (χ2v) is 6.96. The highest BCUT2D eigenvalue weighted by Crippen LogP contribution is 2.31. The summed E-state index contributed by atoms with van der Waals surface area (Å²) in [5.74, 6) is 1.70. The molecule has 1 aromatic heterocycles. The largest absolute Gasteiger partial charge is 0.507 e. The molecule has 150 valence electrons. The van der Waals surface area contributed by atoms with Crippen molar-refractivity contribution >= 4 is 0 Å². The summed E-state index contributed by atoms with van der Waals surface area (Å²) in [4.78, 5) is 13.1. The SMILES string of the molecule is CCCCOc1ccc(-c2ncnc(-c3ccc(-c4ccccc4)cc3)n2)c(O)c1. The Balaban J connectivity index is 1.57. The summed E-state index contributed by atoms with van der Waals surface area (Å²) in [5, 5.41) is 10.4. The molecule has 0 radical (unpaired) electrons. The van der Waals surface area contributed by atoms with Crippen LogP contribution in [0.25, 0.3) is 33.9 Å². The molecule has 30 heavy (non-hydrogen) atoms. The van der Waals surface area contributed by atoms with Gasteiger partial charge in [-0.25, -0.2) is 15.0 Å². The Morgan fingerprint density at radius 2 is 1.50 bits per heavy atom. The quantitative estimate of drug-likeness (QED) is 0.402. The molecule has 0 amide bonds. The molecule has 0 unspecified atom stereocenters. The van der Waals surface area contributed by atoms with Gasteiger partial charge in [-0.15, -0.1) is 0 Å². The minimum Gasteiger partial charge on any atom is -0.507 e. The van der Waals surface area contributed by atoms with Crippen molar-refractivity contribution in [1.82, 2.24) is 15.0 Å². The average Bonchev–Trinajstić information content (AvgIpc) is 2.80. The molecule has 4 aromatic rings. The fraction of sp³-hybridized carbons (Fsp3) is 0.160. The third-order valence-electron chi connectivity index (χ3n) is 4.80. The van der Waals surface area contributed by atoms with Gasteiger partial charge in [-0.05, 0) is 29.7 Å². The van der Waals surface area contributed by atoms with Crippen LogP contribution >= 0.6 is 0 Å². The van der Waals surface area contributed by atoms with Crippen LogP contribution in [0.1, 0.15) is 19.8 Å². The highest BCUT2D eigenvalue weighted by Gasteiger charge is 2.11. The molecule has 5 heteroatoms. The number of nitrogens with zero attached hydrogens (tertiary/aromatic N) is 3. The molecule has 0 atom stereocenters. The van der Waals surface area contributed by atoms with E-state index in [1.165, 1.54) is 6.33 Å². The highest BCUT2D eigenvalue weighted by molar-refractivity contribution is 5.69. The first kappa shape index (κ1) is 19.6. The molecular weight excluding hydrogens is 374 g/mol. The molecule has 4 rings (SSSR count). The number of phenolic OH excluding ortho intramolecular Hbond substituents is 1. The van der Waals surface area contributed by atoms with Crippen LogP contribution in [-0.2, 0) is 0 Å². The maximum atomic E-state index is 10.4. The van der Waals surface area contributed by atoms with Crippen molar-refractivity contribution in [3.63, 3.8) is 0 Å². The Hall–Kier alpha value is -3.73. The van der Waals surface area contributed by atoms with Crippen LogP contribution in [0.4, 0.5) is 0 Å². The van der Waals surface area contributed by atoms with Crippen molar-refractivity contribution in [1.29, 1.82) is 0 Å². The van der Waals surface area contributed by atoms with E-state index in [0.717, 1.165) is 29.5 Å². The Morgan fingerprint density at radius 1 is 0.800 bits per heavy atom. The number of rotatable bonds is 7. The van der Waals surface area contributed by atoms with Gasteiger partial charge in [-0.3, -0.25) is 0 Å². The summed E-state index contributed by atoms with van der Waals surface area (Å²) in [6.45, 7) is 2.74. The van der Waals surface area contributed by atoms with E-state index in [1.807, 2.05) is 48.5 Å². The second kappa shape index (κ2) is 9.18. The van der Waals surface area contributed by atoms with E-state index in [0.29, 0.717) is 29.6 Å². The van der Waals surface area contributed by atoms with Gasteiger partial charge in [0.1, 0.15) is 17.8 Å². The summed E-state index contributed by atoms with van der Waals surface area (Å²) in [5.41, 5.74) is 3.72.